The Morgan fingerprint density at radius 3 is 2.38 bits per heavy atom. The SMILES string of the molecule is CCC(C)(O)CNCc1c(F)cccc1F. The Bertz CT molecular complexity index is 333. The number of rotatable bonds is 5. The number of nitrogens with one attached hydrogen (secondary N) is 1. The Labute approximate surface area is 94.3 Å². The molecule has 0 saturated carbocycles. The third-order valence-corrected chi connectivity index (χ3v) is 2.63. The van der Waals surface area contributed by atoms with Crippen LogP contribution in [0.4, 0.5) is 8.78 Å². The van der Waals surface area contributed by atoms with Crippen LogP contribution >= 0.6 is 0 Å². The Morgan fingerprint density at radius 1 is 1.31 bits per heavy atom. The Hall–Kier alpha value is -1.00. The molecule has 1 rings (SSSR count). The fourth-order valence-electron chi connectivity index (χ4n) is 1.28. The van der Waals surface area contributed by atoms with Crippen molar-refractivity contribution < 1.29 is 13.9 Å². The lowest BCUT2D eigenvalue weighted by atomic mass is 10.0. The highest BCUT2D eigenvalue weighted by Gasteiger charge is 2.17. The average molecular weight is 229 g/mol. The molecule has 0 heterocycles. The van der Waals surface area contributed by atoms with Crippen molar-refractivity contribution in [2.45, 2.75) is 32.4 Å². The monoisotopic (exact) mass is 229 g/mol. The molecule has 0 radical (unpaired) electrons. The average Bonchev–Trinajstić information content (AvgIpc) is 2.22. The van der Waals surface area contributed by atoms with Gasteiger partial charge in [-0.05, 0) is 25.5 Å². The molecule has 0 aliphatic rings. The van der Waals surface area contributed by atoms with Crippen LogP contribution in [0.3, 0.4) is 0 Å². The summed E-state index contributed by atoms with van der Waals surface area (Å²) in [6, 6.07) is 3.77. The van der Waals surface area contributed by atoms with Crippen LogP contribution in [0.15, 0.2) is 18.2 Å². The number of hydrogen-bond donors (Lipinski definition) is 2. The van der Waals surface area contributed by atoms with Gasteiger partial charge in [0.1, 0.15) is 11.6 Å². The maximum Gasteiger partial charge on any atom is 0.130 e. The molecular weight excluding hydrogens is 212 g/mol. The predicted octanol–water partition coefficient (Wildman–Crippen LogP) is 2.22. The van der Waals surface area contributed by atoms with Crippen LogP contribution in [0.1, 0.15) is 25.8 Å². The number of benzene rings is 1. The van der Waals surface area contributed by atoms with Crippen molar-refractivity contribution >= 4 is 0 Å². The summed E-state index contributed by atoms with van der Waals surface area (Å²) >= 11 is 0. The van der Waals surface area contributed by atoms with Crippen molar-refractivity contribution in [1.82, 2.24) is 5.32 Å². The van der Waals surface area contributed by atoms with Crippen LogP contribution in [0, 0.1) is 11.6 Å². The van der Waals surface area contributed by atoms with Crippen molar-refractivity contribution in [1.29, 1.82) is 0 Å². The summed E-state index contributed by atoms with van der Waals surface area (Å²) < 4.78 is 26.4. The van der Waals surface area contributed by atoms with E-state index in [2.05, 4.69) is 5.32 Å². The summed E-state index contributed by atoms with van der Waals surface area (Å²) in [5, 5.41) is 12.5. The summed E-state index contributed by atoms with van der Waals surface area (Å²) in [7, 11) is 0. The van der Waals surface area contributed by atoms with Crippen molar-refractivity contribution in [3.8, 4) is 0 Å². The zero-order chi connectivity index (χ0) is 12.2. The maximum atomic E-state index is 13.2. The van der Waals surface area contributed by atoms with Crippen molar-refractivity contribution in [2.24, 2.45) is 0 Å². The van der Waals surface area contributed by atoms with Gasteiger partial charge in [0.15, 0.2) is 0 Å². The van der Waals surface area contributed by atoms with E-state index in [9.17, 15) is 13.9 Å². The third-order valence-electron chi connectivity index (χ3n) is 2.63. The Kier molecular flexibility index (Phi) is 4.38. The molecule has 1 aromatic rings. The first-order chi connectivity index (χ1) is 7.46. The normalized spacial score (nSPS) is 14.8. The van der Waals surface area contributed by atoms with Crippen molar-refractivity contribution in [2.75, 3.05) is 6.54 Å². The summed E-state index contributed by atoms with van der Waals surface area (Å²) in [5.74, 6) is -1.13. The largest absolute Gasteiger partial charge is 0.389 e. The summed E-state index contributed by atoms with van der Waals surface area (Å²) in [5.41, 5.74) is -0.837. The molecule has 16 heavy (non-hydrogen) atoms. The Balaban J connectivity index is 2.56. The number of hydrogen-bond acceptors (Lipinski definition) is 2. The minimum absolute atomic E-state index is 0.00871. The van der Waals surface area contributed by atoms with E-state index in [0.29, 0.717) is 13.0 Å². The quantitative estimate of drug-likeness (QED) is 0.811. The predicted molar refractivity (Wildman–Crippen MR) is 59.0 cm³/mol. The first kappa shape index (κ1) is 13.1. The maximum absolute atomic E-state index is 13.2. The van der Waals surface area contributed by atoms with Gasteiger partial charge >= 0.3 is 0 Å². The first-order valence-electron chi connectivity index (χ1n) is 5.32. The lowest BCUT2D eigenvalue weighted by Crippen LogP contribution is -2.37. The van der Waals surface area contributed by atoms with Gasteiger partial charge in [0.2, 0.25) is 0 Å². The van der Waals surface area contributed by atoms with Crippen LogP contribution in [-0.2, 0) is 6.54 Å². The second kappa shape index (κ2) is 5.37. The highest BCUT2D eigenvalue weighted by Crippen LogP contribution is 2.12. The van der Waals surface area contributed by atoms with E-state index in [4.69, 9.17) is 0 Å². The van der Waals surface area contributed by atoms with Gasteiger partial charge in [-0.1, -0.05) is 13.0 Å². The molecule has 0 fully saturated rings. The van der Waals surface area contributed by atoms with Gasteiger partial charge in [-0.25, -0.2) is 8.78 Å². The molecule has 4 heteroatoms. The number of halogens is 2. The summed E-state index contributed by atoms with van der Waals surface area (Å²) in [4.78, 5) is 0. The van der Waals surface area contributed by atoms with E-state index in [-0.39, 0.29) is 12.1 Å². The zero-order valence-corrected chi connectivity index (χ0v) is 9.56. The number of aliphatic hydroxyl groups is 1. The van der Waals surface area contributed by atoms with Gasteiger partial charge in [0.25, 0.3) is 0 Å². The molecule has 1 aromatic carbocycles. The molecule has 0 aliphatic heterocycles. The fourth-order valence-corrected chi connectivity index (χ4v) is 1.28. The zero-order valence-electron chi connectivity index (χ0n) is 9.56. The van der Waals surface area contributed by atoms with E-state index in [0.717, 1.165) is 0 Å². The highest BCUT2D eigenvalue weighted by molar-refractivity contribution is 5.19. The molecule has 0 bridgehead atoms. The molecule has 0 spiro atoms. The first-order valence-corrected chi connectivity index (χ1v) is 5.32. The minimum atomic E-state index is -0.846. The van der Waals surface area contributed by atoms with Crippen LogP contribution in [0.5, 0.6) is 0 Å². The molecule has 2 nitrogen and oxygen atoms in total. The molecule has 0 amide bonds. The van der Waals surface area contributed by atoms with E-state index >= 15 is 0 Å². The molecule has 1 unspecified atom stereocenters. The van der Waals surface area contributed by atoms with Gasteiger partial charge < -0.3 is 10.4 Å². The topological polar surface area (TPSA) is 32.3 Å². The van der Waals surface area contributed by atoms with Crippen LogP contribution in [0.25, 0.3) is 0 Å². The van der Waals surface area contributed by atoms with Crippen molar-refractivity contribution in [3.63, 3.8) is 0 Å². The highest BCUT2D eigenvalue weighted by atomic mass is 19.1. The molecule has 90 valence electrons. The van der Waals surface area contributed by atoms with Gasteiger partial charge in [-0.3, -0.25) is 0 Å². The molecule has 0 aliphatic carbocycles. The molecule has 1 atom stereocenters. The van der Waals surface area contributed by atoms with E-state index < -0.39 is 17.2 Å². The fraction of sp³-hybridized carbons (Fsp3) is 0.500. The Morgan fingerprint density at radius 2 is 1.88 bits per heavy atom. The lowest BCUT2D eigenvalue weighted by molar-refractivity contribution is 0.0554. The van der Waals surface area contributed by atoms with Crippen LogP contribution < -0.4 is 5.32 Å². The molecule has 0 aromatic heterocycles. The van der Waals surface area contributed by atoms with Crippen molar-refractivity contribution in [3.05, 3.63) is 35.4 Å². The van der Waals surface area contributed by atoms with Crippen LogP contribution in [-0.4, -0.2) is 17.3 Å². The molecular formula is C12H17F2NO. The third kappa shape index (κ3) is 3.54. The summed E-state index contributed by atoms with van der Waals surface area (Å²) in [6.45, 7) is 3.91. The van der Waals surface area contributed by atoms with Gasteiger partial charge in [-0.15, -0.1) is 0 Å². The smallest absolute Gasteiger partial charge is 0.130 e. The molecule has 0 saturated heterocycles. The lowest BCUT2D eigenvalue weighted by Gasteiger charge is -2.21. The second-order valence-corrected chi connectivity index (χ2v) is 4.15. The van der Waals surface area contributed by atoms with Crippen LogP contribution in [0.2, 0.25) is 0 Å². The standard InChI is InChI=1S/C12H17F2NO/c1-3-12(2,16)8-15-7-9-10(13)5-4-6-11(9)14/h4-6,15-16H,3,7-8H2,1-2H3. The van der Waals surface area contributed by atoms with Gasteiger partial charge in [-0.2, -0.15) is 0 Å². The van der Waals surface area contributed by atoms with E-state index in [1.54, 1.807) is 6.92 Å². The van der Waals surface area contributed by atoms with Gasteiger partial charge in [0.05, 0.1) is 5.60 Å². The molecule has 2 N–H and O–H groups in total. The van der Waals surface area contributed by atoms with E-state index in [1.807, 2.05) is 6.92 Å². The van der Waals surface area contributed by atoms with E-state index in [1.165, 1.54) is 18.2 Å². The van der Waals surface area contributed by atoms with Gasteiger partial charge in [0, 0.05) is 18.7 Å². The summed E-state index contributed by atoms with van der Waals surface area (Å²) in [6.07, 6.45) is 0.583. The second-order valence-electron chi connectivity index (χ2n) is 4.15. The minimum Gasteiger partial charge on any atom is -0.389 e.